The quantitative estimate of drug-likeness (QED) is 0.374. The molecule has 0 bridgehead atoms. The number of rotatable bonds is 2. The van der Waals surface area contributed by atoms with Crippen LogP contribution in [-0.4, -0.2) is 68.2 Å². The number of aliphatic carboxylic acids is 1. The molecule has 0 aliphatic carbocycles. The van der Waals surface area contributed by atoms with E-state index in [9.17, 15) is 15.0 Å². The van der Waals surface area contributed by atoms with Gasteiger partial charge in [-0.1, -0.05) is 0 Å². The Morgan fingerprint density at radius 1 is 1.50 bits per heavy atom. The first kappa shape index (κ1) is 9.85. The van der Waals surface area contributed by atoms with Crippen LogP contribution in [0.1, 0.15) is 6.42 Å². The summed E-state index contributed by atoms with van der Waals surface area (Å²) in [6, 6.07) is -0.658. The van der Waals surface area contributed by atoms with Gasteiger partial charge in [-0.3, -0.25) is 9.69 Å². The molecular formula is C8H13NO5. The van der Waals surface area contributed by atoms with Crippen LogP contribution in [0.5, 0.6) is 0 Å². The Bertz CT molecular complexity index is 270. The molecule has 2 saturated heterocycles. The number of nitrogens with zero attached hydrogens (tertiary/aromatic N) is 1. The number of fused-ring (bicyclic) bond motifs is 1. The van der Waals surface area contributed by atoms with E-state index >= 15 is 0 Å². The first-order valence-electron chi connectivity index (χ1n) is 4.50. The predicted molar refractivity (Wildman–Crippen MR) is 44.6 cm³/mol. The lowest BCUT2D eigenvalue weighted by Crippen LogP contribution is -2.54. The highest BCUT2D eigenvalue weighted by Crippen LogP contribution is 2.44. The lowest BCUT2D eigenvalue weighted by Gasteiger charge is -2.34. The standard InChI is InChI=1S/C8H13NO5/c10-2-4-6(12)5(11)1-8(7(13)14)3-9(4)8/h4-6,10-12H,1-3H2,(H,13,14)/t4-,5+,6-,8-,9?/m0/s1. The van der Waals surface area contributed by atoms with E-state index in [2.05, 4.69) is 0 Å². The van der Waals surface area contributed by atoms with Crippen molar-refractivity contribution in [3.05, 3.63) is 0 Å². The van der Waals surface area contributed by atoms with Crippen molar-refractivity contribution < 1.29 is 25.2 Å². The van der Waals surface area contributed by atoms with E-state index < -0.39 is 29.8 Å². The highest BCUT2D eigenvalue weighted by molar-refractivity contribution is 5.83. The van der Waals surface area contributed by atoms with Gasteiger partial charge < -0.3 is 20.4 Å². The Hall–Kier alpha value is -0.690. The van der Waals surface area contributed by atoms with Crippen molar-refractivity contribution >= 4 is 5.97 Å². The Kier molecular flexibility index (Phi) is 2.04. The lowest BCUT2D eigenvalue weighted by molar-refractivity contribution is -0.148. The van der Waals surface area contributed by atoms with Crippen molar-refractivity contribution in [3.63, 3.8) is 0 Å². The summed E-state index contributed by atoms with van der Waals surface area (Å²) in [7, 11) is 0. The molecule has 0 aromatic carbocycles. The molecule has 4 N–H and O–H groups in total. The number of piperidine rings is 1. The Labute approximate surface area is 80.4 Å². The average Bonchev–Trinajstić information content (AvgIpc) is 2.82. The smallest absolute Gasteiger partial charge is 0.325 e. The third-order valence-corrected chi connectivity index (χ3v) is 3.20. The van der Waals surface area contributed by atoms with Gasteiger partial charge in [-0.05, 0) is 0 Å². The van der Waals surface area contributed by atoms with Gasteiger partial charge >= 0.3 is 5.97 Å². The number of aliphatic hydroxyl groups excluding tert-OH is 3. The number of aliphatic hydroxyl groups is 3. The molecule has 80 valence electrons. The van der Waals surface area contributed by atoms with Gasteiger partial charge in [0.25, 0.3) is 0 Å². The molecule has 0 aromatic heterocycles. The van der Waals surface area contributed by atoms with Crippen LogP contribution in [0, 0.1) is 0 Å². The summed E-state index contributed by atoms with van der Waals surface area (Å²) in [5.74, 6) is -0.998. The molecule has 0 radical (unpaired) electrons. The van der Waals surface area contributed by atoms with Gasteiger partial charge in [0.05, 0.1) is 24.9 Å². The second-order valence-electron chi connectivity index (χ2n) is 3.98. The van der Waals surface area contributed by atoms with Crippen LogP contribution in [0.25, 0.3) is 0 Å². The zero-order valence-corrected chi connectivity index (χ0v) is 7.50. The van der Waals surface area contributed by atoms with Crippen molar-refractivity contribution in [2.45, 2.75) is 30.2 Å². The summed E-state index contributed by atoms with van der Waals surface area (Å²) in [5, 5.41) is 36.8. The fraction of sp³-hybridized carbons (Fsp3) is 0.875. The van der Waals surface area contributed by atoms with Gasteiger partial charge in [-0.2, -0.15) is 0 Å². The summed E-state index contributed by atoms with van der Waals surface area (Å²) >= 11 is 0. The zero-order chi connectivity index (χ0) is 10.5. The molecule has 2 aliphatic heterocycles. The average molecular weight is 203 g/mol. The second-order valence-corrected chi connectivity index (χ2v) is 3.98. The van der Waals surface area contributed by atoms with Crippen LogP contribution in [0.3, 0.4) is 0 Å². The molecule has 6 nitrogen and oxygen atoms in total. The molecule has 6 heteroatoms. The van der Waals surface area contributed by atoms with Crippen LogP contribution in [0.15, 0.2) is 0 Å². The van der Waals surface area contributed by atoms with Crippen molar-refractivity contribution in [1.29, 1.82) is 0 Å². The maximum atomic E-state index is 10.9. The van der Waals surface area contributed by atoms with Gasteiger partial charge in [0.15, 0.2) is 0 Å². The first-order valence-corrected chi connectivity index (χ1v) is 4.50. The van der Waals surface area contributed by atoms with Crippen molar-refractivity contribution in [2.75, 3.05) is 13.2 Å². The van der Waals surface area contributed by atoms with Gasteiger partial charge in [-0.15, -0.1) is 0 Å². The minimum absolute atomic E-state index is 0.0278. The molecule has 5 atom stereocenters. The van der Waals surface area contributed by atoms with Gasteiger partial charge in [0.1, 0.15) is 5.54 Å². The normalized spacial score (nSPS) is 51.1. The molecule has 14 heavy (non-hydrogen) atoms. The highest BCUT2D eigenvalue weighted by Gasteiger charge is 2.66. The maximum Gasteiger partial charge on any atom is 0.325 e. The van der Waals surface area contributed by atoms with E-state index in [4.69, 9.17) is 10.2 Å². The van der Waals surface area contributed by atoms with Gasteiger partial charge in [-0.25, -0.2) is 0 Å². The Balaban J connectivity index is 2.20. The SMILES string of the molecule is O=C(O)[C@@]12C[C@@H](O)[C@@H](O)[C@H](CO)N1C2. The summed E-state index contributed by atoms with van der Waals surface area (Å²) < 4.78 is 0. The van der Waals surface area contributed by atoms with E-state index in [1.807, 2.05) is 0 Å². The number of carboxylic acid groups (broad SMARTS) is 1. The van der Waals surface area contributed by atoms with Crippen molar-refractivity contribution in [2.24, 2.45) is 0 Å². The lowest BCUT2D eigenvalue weighted by atomic mass is 9.91. The van der Waals surface area contributed by atoms with E-state index in [1.54, 1.807) is 0 Å². The fourth-order valence-corrected chi connectivity index (χ4v) is 2.25. The largest absolute Gasteiger partial charge is 0.480 e. The molecule has 0 spiro atoms. The van der Waals surface area contributed by atoms with E-state index in [0.717, 1.165) is 0 Å². The van der Waals surface area contributed by atoms with Gasteiger partial charge in [0.2, 0.25) is 0 Å². The number of hydrogen-bond acceptors (Lipinski definition) is 5. The predicted octanol–water partition coefficient (Wildman–Crippen LogP) is -2.39. The summed E-state index contributed by atoms with van der Waals surface area (Å²) in [6.45, 7) is -0.0467. The maximum absolute atomic E-state index is 10.9. The number of hydrogen-bond donors (Lipinski definition) is 4. The molecule has 0 saturated carbocycles. The Morgan fingerprint density at radius 3 is 2.64 bits per heavy atom. The number of carboxylic acids is 1. The summed E-state index contributed by atoms with van der Waals surface area (Å²) in [6.07, 6.45) is -2.10. The van der Waals surface area contributed by atoms with Crippen LogP contribution in [0.4, 0.5) is 0 Å². The van der Waals surface area contributed by atoms with Crippen LogP contribution in [-0.2, 0) is 4.79 Å². The monoisotopic (exact) mass is 203 g/mol. The Morgan fingerprint density at radius 2 is 2.14 bits per heavy atom. The molecular weight excluding hydrogens is 190 g/mol. The molecule has 2 fully saturated rings. The topological polar surface area (TPSA) is 101 Å². The van der Waals surface area contributed by atoms with Crippen molar-refractivity contribution in [1.82, 2.24) is 4.90 Å². The molecule has 0 amide bonds. The third kappa shape index (κ3) is 1.08. The van der Waals surface area contributed by atoms with Crippen LogP contribution < -0.4 is 0 Å². The molecule has 2 aliphatic rings. The summed E-state index contributed by atoms with van der Waals surface area (Å²) in [5.41, 5.74) is -1.05. The molecule has 2 rings (SSSR count). The third-order valence-electron chi connectivity index (χ3n) is 3.20. The molecule has 1 unspecified atom stereocenters. The molecule has 2 heterocycles. The zero-order valence-electron chi connectivity index (χ0n) is 7.50. The van der Waals surface area contributed by atoms with Crippen molar-refractivity contribution in [3.8, 4) is 0 Å². The van der Waals surface area contributed by atoms with E-state index in [1.165, 1.54) is 4.90 Å². The second kappa shape index (κ2) is 2.90. The first-order chi connectivity index (χ1) is 6.53. The highest BCUT2D eigenvalue weighted by atomic mass is 16.4. The minimum Gasteiger partial charge on any atom is -0.480 e. The number of carbonyl (C=O) groups is 1. The molecule has 0 aromatic rings. The van der Waals surface area contributed by atoms with Crippen LogP contribution >= 0.6 is 0 Å². The minimum atomic E-state index is -1.07. The van der Waals surface area contributed by atoms with E-state index in [0.29, 0.717) is 6.54 Å². The fourth-order valence-electron chi connectivity index (χ4n) is 2.25. The van der Waals surface area contributed by atoms with E-state index in [-0.39, 0.29) is 13.0 Å². The van der Waals surface area contributed by atoms with Crippen LogP contribution in [0.2, 0.25) is 0 Å². The van der Waals surface area contributed by atoms with Gasteiger partial charge in [0, 0.05) is 13.0 Å². The summed E-state index contributed by atoms with van der Waals surface area (Å²) in [4.78, 5) is 12.4.